The Morgan fingerprint density at radius 1 is 1.12 bits per heavy atom. The molecule has 11 heteroatoms. The van der Waals surface area contributed by atoms with Gasteiger partial charge in [-0.25, -0.2) is 13.6 Å². The Balaban J connectivity index is 1.64. The molecule has 40 heavy (non-hydrogen) atoms. The molecule has 0 radical (unpaired) electrons. The third-order valence-corrected chi connectivity index (χ3v) is 7.62. The van der Waals surface area contributed by atoms with E-state index in [1.807, 2.05) is 6.07 Å². The van der Waals surface area contributed by atoms with Gasteiger partial charge in [0.2, 0.25) is 18.0 Å². The van der Waals surface area contributed by atoms with Crippen LogP contribution >= 0.6 is 0 Å². The minimum absolute atomic E-state index is 0.0991. The fraction of sp³-hybridized carbons (Fsp3) is 0.379. The SMILES string of the molecule is COC(C)(C)C(=O)OCOc1c2n(ncc1=O)[C@@H](C(c1ccccc1)c1cccc(F)c1F)[C@H]1CCCN1C2=O. The Bertz CT molecular complexity index is 1490. The maximum absolute atomic E-state index is 15.4. The molecule has 9 nitrogen and oxygen atoms in total. The van der Waals surface area contributed by atoms with Crippen LogP contribution in [0.15, 0.2) is 59.5 Å². The number of rotatable bonds is 8. The van der Waals surface area contributed by atoms with Gasteiger partial charge in [-0.1, -0.05) is 42.5 Å². The van der Waals surface area contributed by atoms with Gasteiger partial charge in [0.25, 0.3) is 5.91 Å². The van der Waals surface area contributed by atoms with Crippen LogP contribution in [0, 0.1) is 11.6 Å². The first kappa shape index (κ1) is 27.4. The quantitative estimate of drug-likeness (QED) is 0.309. The topological polar surface area (TPSA) is 100.0 Å². The second-order valence-corrected chi connectivity index (χ2v) is 10.3. The molecule has 3 atom stereocenters. The zero-order chi connectivity index (χ0) is 28.6. The lowest BCUT2D eigenvalue weighted by atomic mass is 9.79. The molecule has 2 aromatic carbocycles. The zero-order valence-corrected chi connectivity index (χ0v) is 22.3. The summed E-state index contributed by atoms with van der Waals surface area (Å²) in [5.41, 5.74) is -1.30. The van der Waals surface area contributed by atoms with Crippen molar-refractivity contribution in [1.82, 2.24) is 14.7 Å². The lowest BCUT2D eigenvalue weighted by Gasteiger charge is -2.42. The van der Waals surface area contributed by atoms with E-state index in [9.17, 15) is 18.8 Å². The zero-order valence-electron chi connectivity index (χ0n) is 22.3. The summed E-state index contributed by atoms with van der Waals surface area (Å²) in [7, 11) is 1.35. The molecule has 210 valence electrons. The van der Waals surface area contributed by atoms with Gasteiger partial charge in [0, 0.05) is 25.1 Å². The van der Waals surface area contributed by atoms with Gasteiger partial charge in [-0.2, -0.15) is 5.10 Å². The van der Waals surface area contributed by atoms with Gasteiger partial charge in [-0.15, -0.1) is 0 Å². The maximum atomic E-state index is 15.4. The predicted octanol–water partition coefficient (Wildman–Crippen LogP) is 3.82. The average Bonchev–Trinajstić information content (AvgIpc) is 3.44. The molecule has 0 saturated carbocycles. The van der Waals surface area contributed by atoms with Crippen LogP contribution in [0.3, 0.4) is 0 Å². The summed E-state index contributed by atoms with van der Waals surface area (Å²) in [5, 5.41) is 4.32. The minimum atomic E-state index is -1.25. The first-order valence-corrected chi connectivity index (χ1v) is 12.9. The van der Waals surface area contributed by atoms with Crippen LogP contribution in [0.4, 0.5) is 8.78 Å². The van der Waals surface area contributed by atoms with Gasteiger partial charge in [-0.05, 0) is 38.3 Å². The Morgan fingerprint density at radius 2 is 1.88 bits per heavy atom. The summed E-state index contributed by atoms with van der Waals surface area (Å²) in [6.07, 6.45) is 2.29. The molecule has 0 aliphatic carbocycles. The monoisotopic (exact) mass is 553 g/mol. The number of hydrogen-bond acceptors (Lipinski definition) is 7. The van der Waals surface area contributed by atoms with Gasteiger partial charge >= 0.3 is 5.97 Å². The van der Waals surface area contributed by atoms with Crippen LogP contribution in [0.1, 0.15) is 60.3 Å². The summed E-state index contributed by atoms with van der Waals surface area (Å²) >= 11 is 0. The van der Waals surface area contributed by atoms with E-state index in [2.05, 4.69) is 5.10 Å². The molecule has 2 aliphatic heterocycles. The number of ether oxygens (including phenoxy) is 3. The van der Waals surface area contributed by atoms with Crippen molar-refractivity contribution in [3.63, 3.8) is 0 Å². The molecule has 5 rings (SSSR count). The third kappa shape index (κ3) is 4.74. The second-order valence-electron chi connectivity index (χ2n) is 10.3. The van der Waals surface area contributed by atoms with Gasteiger partial charge in [-0.3, -0.25) is 14.3 Å². The summed E-state index contributed by atoms with van der Waals surface area (Å²) < 4.78 is 47.1. The van der Waals surface area contributed by atoms with Crippen LogP contribution in [-0.4, -0.2) is 58.6 Å². The maximum Gasteiger partial charge on any atom is 0.340 e. The number of carbonyl (C=O) groups is 2. The lowest BCUT2D eigenvalue weighted by Crippen LogP contribution is -2.51. The Labute approximate surface area is 229 Å². The summed E-state index contributed by atoms with van der Waals surface area (Å²) in [4.78, 5) is 40.6. The molecule has 1 aromatic heterocycles. The number of aromatic nitrogens is 2. The van der Waals surface area contributed by atoms with Crippen molar-refractivity contribution >= 4 is 11.9 Å². The van der Waals surface area contributed by atoms with Crippen molar-refractivity contribution in [2.45, 2.75) is 50.3 Å². The number of nitrogens with zero attached hydrogens (tertiary/aromatic N) is 3. The van der Waals surface area contributed by atoms with Crippen molar-refractivity contribution in [2.24, 2.45) is 0 Å². The van der Waals surface area contributed by atoms with E-state index in [1.54, 1.807) is 29.2 Å². The van der Waals surface area contributed by atoms with Crippen LogP contribution in [-0.2, 0) is 14.3 Å². The number of benzene rings is 2. The number of halogens is 2. The van der Waals surface area contributed by atoms with E-state index in [0.29, 0.717) is 24.9 Å². The first-order chi connectivity index (χ1) is 19.2. The Hall–Kier alpha value is -4.12. The Kier molecular flexibility index (Phi) is 7.41. The Morgan fingerprint density at radius 3 is 2.60 bits per heavy atom. The van der Waals surface area contributed by atoms with Crippen molar-refractivity contribution in [1.29, 1.82) is 0 Å². The minimum Gasteiger partial charge on any atom is -0.451 e. The van der Waals surface area contributed by atoms with E-state index < -0.39 is 59.3 Å². The molecule has 1 saturated heterocycles. The van der Waals surface area contributed by atoms with Crippen molar-refractivity contribution in [3.8, 4) is 5.75 Å². The number of carbonyl (C=O) groups excluding carboxylic acids is 2. The second kappa shape index (κ2) is 10.8. The molecule has 3 heterocycles. The fourth-order valence-electron chi connectivity index (χ4n) is 5.46. The summed E-state index contributed by atoms with van der Waals surface area (Å²) in [6, 6.07) is 11.9. The van der Waals surface area contributed by atoms with Crippen molar-refractivity contribution < 1.29 is 32.6 Å². The van der Waals surface area contributed by atoms with E-state index in [4.69, 9.17) is 14.2 Å². The molecule has 1 amide bonds. The normalized spacial score (nSPS) is 19.1. The number of amides is 1. The van der Waals surface area contributed by atoms with Gasteiger partial charge in [0.05, 0.1) is 18.3 Å². The molecular weight excluding hydrogens is 524 g/mol. The molecule has 0 bridgehead atoms. The average molecular weight is 554 g/mol. The van der Waals surface area contributed by atoms with E-state index in [1.165, 1.54) is 37.8 Å². The van der Waals surface area contributed by atoms with Crippen LogP contribution in [0.25, 0.3) is 0 Å². The first-order valence-electron chi connectivity index (χ1n) is 12.9. The van der Waals surface area contributed by atoms with E-state index in [0.717, 1.165) is 12.3 Å². The molecular formula is C29H29F2N3O6. The standard InChI is InChI=1S/C29H29F2N3O6/c1-29(2,38-3)28(37)40-16-39-26-21(35)15-32-34-24(20-13-8-14-33(20)27(36)25(26)34)22(17-9-5-4-6-10-17)18-11-7-12-19(30)23(18)31/h4-7,9-12,15,20,22,24H,8,13-14,16H2,1-3H3/t20-,22?,24-/m1/s1. The van der Waals surface area contributed by atoms with Gasteiger partial charge in [0.1, 0.15) is 0 Å². The number of hydrogen-bond donors (Lipinski definition) is 0. The van der Waals surface area contributed by atoms with Crippen LogP contribution in [0.2, 0.25) is 0 Å². The highest BCUT2D eigenvalue weighted by Crippen LogP contribution is 2.46. The van der Waals surface area contributed by atoms with Crippen molar-refractivity contribution in [2.75, 3.05) is 20.4 Å². The van der Waals surface area contributed by atoms with Gasteiger partial charge < -0.3 is 19.1 Å². The summed E-state index contributed by atoms with van der Waals surface area (Å²) in [6.45, 7) is 2.78. The fourth-order valence-corrected chi connectivity index (χ4v) is 5.46. The van der Waals surface area contributed by atoms with Crippen LogP contribution in [0.5, 0.6) is 5.75 Å². The summed E-state index contributed by atoms with van der Waals surface area (Å²) in [5.74, 6) is -4.31. The van der Waals surface area contributed by atoms with Crippen LogP contribution < -0.4 is 10.2 Å². The van der Waals surface area contributed by atoms with Crippen molar-refractivity contribution in [3.05, 3.63) is 93.4 Å². The third-order valence-electron chi connectivity index (χ3n) is 7.62. The molecule has 3 aromatic rings. The number of methoxy groups -OCH3 is 1. The molecule has 0 spiro atoms. The number of esters is 1. The number of fused-ring (bicyclic) bond motifs is 2. The molecule has 2 aliphatic rings. The highest BCUT2D eigenvalue weighted by Gasteiger charge is 2.49. The predicted molar refractivity (Wildman–Crippen MR) is 139 cm³/mol. The molecule has 0 N–H and O–H groups in total. The smallest absolute Gasteiger partial charge is 0.340 e. The molecule has 1 fully saturated rings. The molecule has 1 unspecified atom stereocenters. The lowest BCUT2D eigenvalue weighted by molar-refractivity contribution is -0.171. The highest BCUT2D eigenvalue weighted by atomic mass is 19.2. The van der Waals surface area contributed by atoms with E-state index in [-0.39, 0.29) is 17.0 Å². The highest BCUT2D eigenvalue weighted by molar-refractivity contribution is 5.96. The van der Waals surface area contributed by atoms with E-state index >= 15 is 4.39 Å². The largest absolute Gasteiger partial charge is 0.451 e. The van der Waals surface area contributed by atoms with Gasteiger partial charge in [0.15, 0.2) is 22.9 Å².